The molecule has 0 aliphatic carbocycles. The number of carbonyl (C=O) groups is 2. The number of hydrogen-bond donors (Lipinski definition) is 0. The van der Waals surface area contributed by atoms with Crippen molar-refractivity contribution in [2.75, 3.05) is 14.2 Å². The summed E-state index contributed by atoms with van der Waals surface area (Å²) in [4.78, 5) is 27.2. The van der Waals surface area contributed by atoms with Gasteiger partial charge in [-0.15, -0.1) is 0 Å². The Kier molecular flexibility index (Phi) is 6.06. The first-order valence-corrected chi connectivity index (χ1v) is 8.81. The Balaban J connectivity index is 2.29. The lowest BCUT2D eigenvalue weighted by molar-refractivity contribution is 0.0585. The summed E-state index contributed by atoms with van der Waals surface area (Å²) in [6, 6.07) is 8.71. The molecular formula is C17H17NO7S. The molecule has 0 unspecified atom stereocenters. The van der Waals surface area contributed by atoms with Crippen LogP contribution in [0.4, 0.5) is 0 Å². The molecule has 8 nitrogen and oxygen atoms in total. The highest BCUT2D eigenvalue weighted by Crippen LogP contribution is 2.17. The van der Waals surface area contributed by atoms with Gasteiger partial charge < -0.3 is 9.47 Å². The standard InChI is InChI=1S/C17H17NO7S/c1-11-4-6-13(7-5-11)26(21,22)25-10-12-8-14(16(19)23-2)18-15(9-12)17(20)24-3/h4-9H,10H2,1-3H3. The zero-order chi connectivity index (χ0) is 19.3. The number of carbonyl (C=O) groups excluding carboxylic acids is 2. The van der Waals surface area contributed by atoms with Crippen LogP contribution < -0.4 is 0 Å². The number of aromatic nitrogens is 1. The van der Waals surface area contributed by atoms with E-state index in [1.807, 2.05) is 6.92 Å². The van der Waals surface area contributed by atoms with Crippen LogP contribution in [-0.2, 0) is 30.4 Å². The number of esters is 2. The van der Waals surface area contributed by atoms with E-state index in [-0.39, 0.29) is 21.8 Å². The van der Waals surface area contributed by atoms with Gasteiger partial charge in [0, 0.05) is 0 Å². The molecule has 2 rings (SSSR count). The summed E-state index contributed by atoms with van der Waals surface area (Å²) >= 11 is 0. The number of methoxy groups -OCH3 is 2. The van der Waals surface area contributed by atoms with Gasteiger partial charge in [-0.3, -0.25) is 4.18 Å². The Morgan fingerprint density at radius 1 is 0.962 bits per heavy atom. The lowest BCUT2D eigenvalue weighted by atomic mass is 10.2. The highest BCUT2D eigenvalue weighted by atomic mass is 32.2. The summed E-state index contributed by atoms with van der Waals surface area (Å²) in [6.07, 6.45) is 0. The Labute approximate surface area is 150 Å². The molecule has 1 aromatic carbocycles. The molecular weight excluding hydrogens is 362 g/mol. The summed E-state index contributed by atoms with van der Waals surface area (Å²) in [5, 5.41) is 0. The third-order valence-corrected chi connectivity index (χ3v) is 4.64. The molecule has 1 aromatic heterocycles. The molecule has 0 amide bonds. The average Bonchev–Trinajstić information content (AvgIpc) is 2.65. The van der Waals surface area contributed by atoms with E-state index in [2.05, 4.69) is 14.5 Å². The fourth-order valence-corrected chi connectivity index (χ4v) is 2.90. The van der Waals surface area contributed by atoms with E-state index >= 15 is 0 Å². The maximum atomic E-state index is 12.2. The summed E-state index contributed by atoms with van der Waals surface area (Å²) in [5.74, 6) is -1.56. The van der Waals surface area contributed by atoms with Gasteiger partial charge in [-0.2, -0.15) is 8.42 Å². The van der Waals surface area contributed by atoms with Gasteiger partial charge in [-0.25, -0.2) is 14.6 Å². The smallest absolute Gasteiger partial charge is 0.356 e. The van der Waals surface area contributed by atoms with Gasteiger partial charge in [-0.1, -0.05) is 17.7 Å². The zero-order valence-electron chi connectivity index (χ0n) is 14.4. The van der Waals surface area contributed by atoms with Crippen LogP contribution >= 0.6 is 0 Å². The Morgan fingerprint density at radius 3 is 1.92 bits per heavy atom. The molecule has 0 N–H and O–H groups in total. The van der Waals surface area contributed by atoms with Gasteiger partial charge >= 0.3 is 11.9 Å². The van der Waals surface area contributed by atoms with Crippen molar-refractivity contribution in [3.05, 3.63) is 58.9 Å². The molecule has 2 aromatic rings. The van der Waals surface area contributed by atoms with Crippen LogP contribution in [0.5, 0.6) is 0 Å². The quantitative estimate of drug-likeness (QED) is 0.553. The molecule has 0 spiro atoms. The van der Waals surface area contributed by atoms with E-state index in [4.69, 9.17) is 4.18 Å². The van der Waals surface area contributed by atoms with Crippen molar-refractivity contribution in [1.82, 2.24) is 4.98 Å². The third kappa shape index (κ3) is 4.64. The first-order valence-electron chi connectivity index (χ1n) is 7.40. The lowest BCUT2D eigenvalue weighted by Crippen LogP contribution is -2.13. The minimum atomic E-state index is -4.01. The predicted molar refractivity (Wildman–Crippen MR) is 90.1 cm³/mol. The van der Waals surface area contributed by atoms with Crippen molar-refractivity contribution < 1.29 is 31.7 Å². The van der Waals surface area contributed by atoms with Gasteiger partial charge in [0.25, 0.3) is 10.1 Å². The number of aryl methyl sites for hydroxylation is 1. The summed E-state index contributed by atoms with van der Waals surface area (Å²) in [6.45, 7) is 1.43. The molecule has 1 heterocycles. The molecule has 0 fully saturated rings. The molecule has 26 heavy (non-hydrogen) atoms. The number of rotatable bonds is 6. The molecule has 0 aliphatic rings. The number of pyridine rings is 1. The molecule has 0 saturated heterocycles. The first-order chi connectivity index (χ1) is 12.3. The molecule has 0 saturated carbocycles. The van der Waals surface area contributed by atoms with E-state index in [1.54, 1.807) is 12.1 Å². The van der Waals surface area contributed by atoms with Gasteiger partial charge in [0.1, 0.15) is 11.4 Å². The molecule has 0 bridgehead atoms. The molecule has 9 heteroatoms. The maximum Gasteiger partial charge on any atom is 0.356 e. The van der Waals surface area contributed by atoms with E-state index in [0.717, 1.165) is 19.8 Å². The van der Waals surface area contributed by atoms with E-state index < -0.39 is 28.7 Å². The monoisotopic (exact) mass is 379 g/mol. The van der Waals surface area contributed by atoms with Crippen molar-refractivity contribution in [2.24, 2.45) is 0 Å². The Morgan fingerprint density at radius 2 is 1.46 bits per heavy atom. The second-order valence-corrected chi connectivity index (χ2v) is 6.87. The summed E-state index contributed by atoms with van der Waals surface area (Å²) in [7, 11) is -1.69. The predicted octanol–water partition coefficient (Wildman–Crippen LogP) is 1.87. The molecule has 0 aliphatic heterocycles. The van der Waals surface area contributed by atoms with Crippen LogP contribution in [0.15, 0.2) is 41.3 Å². The SMILES string of the molecule is COC(=O)c1cc(COS(=O)(=O)c2ccc(C)cc2)cc(C(=O)OC)n1. The van der Waals surface area contributed by atoms with Crippen LogP contribution in [0, 0.1) is 6.92 Å². The topological polar surface area (TPSA) is 109 Å². The van der Waals surface area contributed by atoms with Crippen molar-refractivity contribution >= 4 is 22.1 Å². The van der Waals surface area contributed by atoms with Crippen molar-refractivity contribution in [3.63, 3.8) is 0 Å². The van der Waals surface area contributed by atoms with E-state index in [9.17, 15) is 18.0 Å². The average molecular weight is 379 g/mol. The first kappa shape index (κ1) is 19.5. The number of benzene rings is 1. The lowest BCUT2D eigenvalue weighted by Gasteiger charge is -2.09. The third-order valence-electron chi connectivity index (χ3n) is 3.36. The summed E-state index contributed by atoms with van der Waals surface area (Å²) < 4.78 is 38.7. The fraction of sp³-hybridized carbons (Fsp3) is 0.235. The summed E-state index contributed by atoms with van der Waals surface area (Å²) in [5.41, 5.74) is 0.823. The van der Waals surface area contributed by atoms with Gasteiger partial charge in [0.05, 0.1) is 25.7 Å². The van der Waals surface area contributed by atoms with Crippen LogP contribution in [0.3, 0.4) is 0 Å². The van der Waals surface area contributed by atoms with Crippen LogP contribution in [0.25, 0.3) is 0 Å². The number of hydrogen-bond acceptors (Lipinski definition) is 8. The maximum absolute atomic E-state index is 12.2. The zero-order valence-corrected chi connectivity index (χ0v) is 15.2. The van der Waals surface area contributed by atoms with Crippen LogP contribution in [0.2, 0.25) is 0 Å². The molecule has 0 atom stereocenters. The fourth-order valence-electron chi connectivity index (χ4n) is 2.01. The molecule has 0 radical (unpaired) electrons. The van der Waals surface area contributed by atoms with E-state index in [1.165, 1.54) is 24.3 Å². The second-order valence-electron chi connectivity index (χ2n) is 5.26. The minimum absolute atomic E-state index is 0.00135. The number of nitrogens with zero attached hydrogens (tertiary/aromatic N) is 1. The van der Waals surface area contributed by atoms with Gasteiger partial charge in [0.15, 0.2) is 0 Å². The highest BCUT2D eigenvalue weighted by Gasteiger charge is 2.19. The Bertz CT molecular complexity index is 886. The Hall–Kier alpha value is -2.78. The van der Waals surface area contributed by atoms with E-state index in [0.29, 0.717) is 0 Å². The van der Waals surface area contributed by atoms with Crippen molar-refractivity contribution in [1.29, 1.82) is 0 Å². The normalized spacial score (nSPS) is 11.0. The van der Waals surface area contributed by atoms with Crippen molar-refractivity contribution in [3.8, 4) is 0 Å². The minimum Gasteiger partial charge on any atom is -0.464 e. The van der Waals surface area contributed by atoms with Crippen LogP contribution in [0.1, 0.15) is 32.1 Å². The largest absolute Gasteiger partial charge is 0.464 e. The van der Waals surface area contributed by atoms with Crippen molar-refractivity contribution in [2.45, 2.75) is 18.4 Å². The van der Waals surface area contributed by atoms with Gasteiger partial charge in [-0.05, 0) is 36.8 Å². The van der Waals surface area contributed by atoms with Crippen LogP contribution in [-0.4, -0.2) is 39.6 Å². The number of ether oxygens (including phenoxy) is 2. The molecule has 138 valence electrons. The highest BCUT2D eigenvalue weighted by molar-refractivity contribution is 7.86. The second kappa shape index (κ2) is 8.07. The van der Waals surface area contributed by atoms with Gasteiger partial charge in [0.2, 0.25) is 0 Å².